The number of hydroxylamine groups is 1. The van der Waals surface area contributed by atoms with Gasteiger partial charge >= 0.3 is 0 Å². The first-order chi connectivity index (χ1) is 15.6. The number of nitrogens with zero attached hydrogens (tertiary/aromatic N) is 2. The maximum absolute atomic E-state index is 13.7. The van der Waals surface area contributed by atoms with Crippen molar-refractivity contribution in [2.75, 3.05) is 24.2 Å². The van der Waals surface area contributed by atoms with Gasteiger partial charge in [0.2, 0.25) is 5.91 Å². The van der Waals surface area contributed by atoms with Gasteiger partial charge in [0.15, 0.2) is 6.10 Å². The molecule has 0 radical (unpaired) electrons. The van der Waals surface area contributed by atoms with Crippen molar-refractivity contribution < 1.29 is 23.9 Å². The predicted molar refractivity (Wildman–Crippen MR) is 119 cm³/mol. The van der Waals surface area contributed by atoms with Gasteiger partial charge in [0.05, 0.1) is 31.6 Å². The number of methoxy groups -OCH3 is 2. The van der Waals surface area contributed by atoms with Crippen LogP contribution in [0.5, 0.6) is 11.5 Å². The van der Waals surface area contributed by atoms with Crippen LogP contribution in [0.4, 0.5) is 11.4 Å². The average Bonchev–Trinajstić information content (AvgIpc) is 3.35. The molecule has 2 fully saturated rings. The maximum atomic E-state index is 13.7. The Labute approximate surface area is 185 Å². The summed E-state index contributed by atoms with van der Waals surface area (Å²) in [6, 6.07) is 23.5. The van der Waals surface area contributed by atoms with Gasteiger partial charge in [0.25, 0.3) is 5.91 Å². The molecule has 2 amide bonds. The number of para-hydroxylation sites is 3. The SMILES string of the molecule is COc1ccc([C@H]2[C@@H]3C(=O)N(c4ccccc4OC)C(=O)[C@@H]3ON2c2ccccc2)cc1. The number of amides is 2. The van der Waals surface area contributed by atoms with Crippen molar-refractivity contribution in [1.82, 2.24) is 0 Å². The Morgan fingerprint density at radius 1 is 0.781 bits per heavy atom. The second kappa shape index (κ2) is 8.01. The molecule has 0 bridgehead atoms. The highest BCUT2D eigenvalue weighted by molar-refractivity contribution is 6.24. The minimum Gasteiger partial charge on any atom is -0.497 e. The Morgan fingerprint density at radius 2 is 1.47 bits per heavy atom. The lowest BCUT2D eigenvalue weighted by Gasteiger charge is -2.29. The third kappa shape index (κ3) is 3.09. The third-order valence-corrected chi connectivity index (χ3v) is 5.91. The van der Waals surface area contributed by atoms with Crippen LogP contribution in [0.15, 0.2) is 78.9 Å². The first kappa shape index (κ1) is 20.1. The van der Waals surface area contributed by atoms with Crippen molar-refractivity contribution in [2.24, 2.45) is 5.92 Å². The molecule has 3 atom stereocenters. The lowest BCUT2D eigenvalue weighted by molar-refractivity contribution is -0.126. The van der Waals surface area contributed by atoms with Crippen LogP contribution in [0.2, 0.25) is 0 Å². The summed E-state index contributed by atoms with van der Waals surface area (Å²) in [4.78, 5) is 34.4. The summed E-state index contributed by atoms with van der Waals surface area (Å²) >= 11 is 0. The van der Waals surface area contributed by atoms with Crippen LogP contribution in [0.3, 0.4) is 0 Å². The number of rotatable bonds is 5. The molecule has 0 spiro atoms. The van der Waals surface area contributed by atoms with Crippen LogP contribution in [0, 0.1) is 5.92 Å². The van der Waals surface area contributed by atoms with Crippen LogP contribution in [0.1, 0.15) is 11.6 Å². The number of ether oxygens (including phenoxy) is 2. The van der Waals surface area contributed by atoms with E-state index in [-0.39, 0.29) is 5.91 Å². The van der Waals surface area contributed by atoms with Gasteiger partial charge in [-0.2, -0.15) is 0 Å². The van der Waals surface area contributed by atoms with E-state index in [1.807, 2.05) is 54.6 Å². The molecule has 2 aliphatic rings. The van der Waals surface area contributed by atoms with Gasteiger partial charge in [-0.25, -0.2) is 9.96 Å². The molecule has 3 aromatic rings. The predicted octanol–water partition coefficient (Wildman–Crippen LogP) is 3.75. The number of hydrogen-bond acceptors (Lipinski definition) is 6. The Morgan fingerprint density at radius 3 is 2.16 bits per heavy atom. The summed E-state index contributed by atoms with van der Waals surface area (Å²) in [7, 11) is 3.11. The zero-order chi connectivity index (χ0) is 22.2. The van der Waals surface area contributed by atoms with Gasteiger partial charge in [0, 0.05) is 0 Å². The summed E-state index contributed by atoms with van der Waals surface area (Å²) in [6.07, 6.45) is -0.931. The van der Waals surface area contributed by atoms with Gasteiger partial charge in [-0.15, -0.1) is 0 Å². The fraction of sp³-hybridized carbons (Fsp3) is 0.200. The standard InChI is InChI=1S/C25H22N2O5/c1-30-18-14-12-16(13-15-18)22-21-23(32-27(22)17-8-4-3-5-9-17)25(29)26(24(21)28)19-10-6-7-11-20(19)31-2/h3-15,21-23H,1-2H3/t21-,22-,23+/m0/s1. The number of anilines is 2. The van der Waals surface area contributed by atoms with Gasteiger partial charge in [-0.3, -0.25) is 14.4 Å². The Bertz CT molecular complexity index is 1150. The van der Waals surface area contributed by atoms with E-state index in [1.54, 1.807) is 36.4 Å². The van der Waals surface area contributed by atoms with Crippen LogP contribution in [0.25, 0.3) is 0 Å². The van der Waals surface area contributed by atoms with Crippen molar-refractivity contribution in [3.05, 3.63) is 84.4 Å². The summed E-state index contributed by atoms with van der Waals surface area (Å²) in [5.41, 5.74) is 2.04. The highest BCUT2D eigenvalue weighted by Crippen LogP contribution is 2.48. The molecule has 5 rings (SSSR count). The minimum absolute atomic E-state index is 0.316. The molecule has 0 saturated carbocycles. The van der Waals surface area contributed by atoms with E-state index < -0.39 is 24.0 Å². The van der Waals surface area contributed by atoms with Gasteiger partial charge in [-0.05, 0) is 42.0 Å². The van der Waals surface area contributed by atoms with E-state index in [0.717, 1.165) is 11.3 Å². The molecule has 0 N–H and O–H groups in total. The molecular weight excluding hydrogens is 408 g/mol. The van der Waals surface area contributed by atoms with E-state index in [1.165, 1.54) is 12.0 Å². The van der Waals surface area contributed by atoms with Crippen LogP contribution in [-0.2, 0) is 14.4 Å². The number of imide groups is 1. The number of fused-ring (bicyclic) bond motifs is 1. The average molecular weight is 430 g/mol. The number of carbonyl (C=O) groups excluding carboxylic acids is 2. The van der Waals surface area contributed by atoms with Crippen molar-refractivity contribution in [1.29, 1.82) is 0 Å². The Balaban J connectivity index is 1.59. The normalized spacial score (nSPS) is 22.2. The minimum atomic E-state index is -0.931. The molecule has 3 aromatic carbocycles. The molecule has 0 unspecified atom stereocenters. The topological polar surface area (TPSA) is 68.3 Å². The number of benzene rings is 3. The molecule has 2 aliphatic heterocycles. The molecule has 0 aromatic heterocycles. The molecule has 2 heterocycles. The molecule has 32 heavy (non-hydrogen) atoms. The van der Waals surface area contributed by atoms with Crippen molar-refractivity contribution in [3.8, 4) is 11.5 Å². The highest BCUT2D eigenvalue weighted by atomic mass is 16.7. The zero-order valence-corrected chi connectivity index (χ0v) is 17.7. The number of hydrogen-bond donors (Lipinski definition) is 0. The zero-order valence-electron chi connectivity index (χ0n) is 17.7. The lowest BCUT2D eigenvalue weighted by Crippen LogP contribution is -2.37. The van der Waals surface area contributed by atoms with Crippen molar-refractivity contribution in [3.63, 3.8) is 0 Å². The second-order valence-electron chi connectivity index (χ2n) is 7.61. The fourth-order valence-corrected chi connectivity index (χ4v) is 4.41. The molecule has 162 valence electrons. The summed E-state index contributed by atoms with van der Waals surface area (Å²) in [5.74, 6) is -0.263. The van der Waals surface area contributed by atoms with Crippen LogP contribution >= 0.6 is 0 Å². The summed E-state index contributed by atoms with van der Waals surface area (Å²) in [5, 5.41) is 1.67. The molecule has 7 heteroatoms. The molecule has 2 saturated heterocycles. The maximum Gasteiger partial charge on any atom is 0.266 e. The lowest BCUT2D eigenvalue weighted by atomic mass is 9.90. The first-order valence-corrected chi connectivity index (χ1v) is 10.3. The van der Waals surface area contributed by atoms with Crippen LogP contribution in [-0.4, -0.2) is 32.1 Å². The van der Waals surface area contributed by atoms with E-state index in [2.05, 4.69) is 0 Å². The Kier molecular flexibility index (Phi) is 5.03. The Hall–Kier alpha value is -3.84. The fourth-order valence-electron chi connectivity index (χ4n) is 4.41. The van der Waals surface area contributed by atoms with Crippen molar-refractivity contribution in [2.45, 2.75) is 12.1 Å². The van der Waals surface area contributed by atoms with Gasteiger partial charge < -0.3 is 9.47 Å². The third-order valence-electron chi connectivity index (χ3n) is 5.91. The smallest absolute Gasteiger partial charge is 0.266 e. The van der Waals surface area contributed by atoms with Gasteiger partial charge in [0.1, 0.15) is 17.4 Å². The van der Waals surface area contributed by atoms with Crippen molar-refractivity contribution >= 4 is 23.2 Å². The highest BCUT2D eigenvalue weighted by Gasteiger charge is 2.60. The largest absolute Gasteiger partial charge is 0.497 e. The van der Waals surface area contributed by atoms with E-state index in [4.69, 9.17) is 14.3 Å². The monoisotopic (exact) mass is 430 g/mol. The summed E-state index contributed by atoms with van der Waals surface area (Å²) < 4.78 is 10.7. The quantitative estimate of drug-likeness (QED) is 0.575. The summed E-state index contributed by atoms with van der Waals surface area (Å²) in [6.45, 7) is 0. The van der Waals surface area contributed by atoms with Gasteiger partial charge in [-0.1, -0.05) is 42.5 Å². The van der Waals surface area contributed by atoms with E-state index >= 15 is 0 Å². The first-order valence-electron chi connectivity index (χ1n) is 10.3. The van der Waals surface area contributed by atoms with E-state index in [0.29, 0.717) is 17.2 Å². The number of carbonyl (C=O) groups is 2. The molecule has 7 nitrogen and oxygen atoms in total. The second-order valence-corrected chi connectivity index (χ2v) is 7.61. The molecule has 0 aliphatic carbocycles. The van der Waals surface area contributed by atoms with Crippen LogP contribution < -0.4 is 19.4 Å². The molecular formula is C25H22N2O5. The van der Waals surface area contributed by atoms with E-state index in [9.17, 15) is 9.59 Å².